The number of carbonyl (C=O) groups excluding carboxylic acids is 2. The molecule has 0 heterocycles. The molecule has 0 aliphatic carbocycles. The number of nitrogens with one attached hydrogen (secondary N) is 1. The van der Waals surface area contributed by atoms with Crippen LogP contribution in [-0.2, 0) is 9.59 Å². The number of amides is 1. The maximum Gasteiger partial charge on any atom is 0.224 e. The lowest BCUT2D eigenvalue weighted by Gasteiger charge is -1.86. The standard InChI is InChI=1S/C4H7NO2.C4H11N/c1-3(6)2-4(5)7;1-3-5-4-2/h2H2,1H3,(H2,5,7);5H,3-4H2,1-2H3. The van der Waals surface area contributed by atoms with Crippen LogP contribution < -0.4 is 11.1 Å². The Morgan fingerprint density at radius 2 is 1.67 bits per heavy atom. The molecule has 0 bridgehead atoms. The first-order chi connectivity index (χ1) is 5.54. The lowest BCUT2D eigenvalue weighted by Crippen LogP contribution is -2.13. The molecule has 0 saturated heterocycles. The number of rotatable bonds is 4. The SMILES string of the molecule is CC(=O)CC(N)=O.CCNCC. The first-order valence-corrected chi connectivity index (χ1v) is 4.03. The molecule has 0 radical (unpaired) electrons. The highest BCUT2D eigenvalue weighted by Crippen LogP contribution is 1.75. The summed E-state index contributed by atoms with van der Waals surface area (Å²) in [6.07, 6.45) is -0.139. The Balaban J connectivity index is 0. The minimum absolute atomic E-state index is 0.139. The number of hydrogen-bond donors (Lipinski definition) is 2. The average Bonchev–Trinajstić information content (AvgIpc) is 1.87. The van der Waals surface area contributed by atoms with Gasteiger partial charge in [-0.15, -0.1) is 0 Å². The first kappa shape index (κ1) is 13.7. The van der Waals surface area contributed by atoms with Gasteiger partial charge >= 0.3 is 0 Å². The first-order valence-electron chi connectivity index (χ1n) is 4.03. The van der Waals surface area contributed by atoms with E-state index in [-0.39, 0.29) is 12.2 Å². The van der Waals surface area contributed by atoms with E-state index in [9.17, 15) is 9.59 Å². The zero-order chi connectivity index (χ0) is 9.98. The number of Topliss-reactive ketones (excluding diaryl/α,β-unsaturated/α-hetero) is 1. The van der Waals surface area contributed by atoms with E-state index in [1.807, 2.05) is 0 Å². The topological polar surface area (TPSA) is 72.2 Å². The zero-order valence-electron chi connectivity index (χ0n) is 8.02. The van der Waals surface area contributed by atoms with Crippen LogP contribution in [-0.4, -0.2) is 24.8 Å². The molecule has 72 valence electrons. The van der Waals surface area contributed by atoms with E-state index in [1.165, 1.54) is 6.92 Å². The van der Waals surface area contributed by atoms with Crippen molar-refractivity contribution in [2.24, 2.45) is 5.73 Å². The molecule has 0 aromatic heterocycles. The van der Waals surface area contributed by atoms with E-state index in [2.05, 4.69) is 24.9 Å². The molecule has 4 heteroatoms. The fourth-order valence-electron chi connectivity index (χ4n) is 0.495. The van der Waals surface area contributed by atoms with E-state index in [4.69, 9.17) is 0 Å². The van der Waals surface area contributed by atoms with E-state index >= 15 is 0 Å². The van der Waals surface area contributed by atoms with Crippen LogP contribution in [0.5, 0.6) is 0 Å². The summed E-state index contributed by atoms with van der Waals surface area (Å²) >= 11 is 0. The quantitative estimate of drug-likeness (QED) is 0.592. The Bertz CT molecular complexity index is 121. The normalized spacial score (nSPS) is 8.25. The van der Waals surface area contributed by atoms with Crippen LogP contribution in [0.15, 0.2) is 0 Å². The third kappa shape index (κ3) is 23.0. The highest BCUT2D eigenvalue weighted by atomic mass is 16.2. The maximum absolute atomic E-state index is 9.95. The van der Waals surface area contributed by atoms with Gasteiger partial charge in [0, 0.05) is 0 Å². The summed E-state index contributed by atoms with van der Waals surface area (Å²) in [4.78, 5) is 19.8. The highest BCUT2D eigenvalue weighted by molar-refractivity contribution is 5.95. The molecule has 0 atom stereocenters. The van der Waals surface area contributed by atoms with E-state index in [0.29, 0.717) is 0 Å². The lowest BCUT2D eigenvalue weighted by atomic mass is 10.3. The summed E-state index contributed by atoms with van der Waals surface area (Å²) < 4.78 is 0. The van der Waals surface area contributed by atoms with Crippen LogP contribution in [0.4, 0.5) is 0 Å². The van der Waals surface area contributed by atoms with Gasteiger partial charge in [-0.1, -0.05) is 13.8 Å². The van der Waals surface area contributed by atoms with Gasteiger partial charge in [-0.3, -0.25) is 9.59 Å². The van der Waals surface area contributed by atoms with Gasteiger partial charge in [0.25, 0.3) is 0 Å². The van der Waals surface area contributed by atoms with Crippen molar-refractivity contribution < 1.29 is 9.59 Å². The van der Waals surface area contributed by atoms with Crippen LogP contribution in [0.1, 0.15) is 27.2 Å². The Hall–Kier alpha value is -0.900. The van der Waals surface area contributed by atoms with E-state index in [1.54, 1.807) is 0 Å². The molecule has 0 unspecified atom stereocenters. The van der Waals surface area contributed by atoms with E-state index < -0.39 is 5.91 Å². The summed E-state index contributed by atoms with van der Waals surface area (Å²) in [6.45, 7) is 7.71. The molecule has 0 fully saturated rings. The molecule has 12 heavy (non-hydrogen) atoms. The molecule has 0 aliphatic rings. The van der Waals surface area contributed by atoms with Crippen molar-refractivity contribution in [2.45, 2.75) is 27.2 Å². The van der Waals surface area contributed by atoms with Gasteiger partial charge in [0.05, 0.1) is 6.42 Å². The minimum Gasteiger partial charge on any atom is -0.369 e. The smallest absolute Gasteiger partial charge is 0.224 e. The molecule has 1 amide bonds. The van der Waals surface area contributed by atoms with Crippen molar-refractivity contribution in [1.82, 2.24) is 5.32 Å². The van der Waals surface area contributed by atoms with Crippen LogP contribution in [0.3, 0.4) is 0 Å². The van der Waals surface area contributed by atoms with Gasteiger partial charge in [0.2, 0.25) is 5.91 Å². The number of ketones is 1. The minimum atomic E-state index is -0.562. The van der Waals surface area contributed by atoms with Crippen molar-refractivity contribution in [3.8, 4) is 0 Å². The predicted octanol–water partition coefficient (Wildman–Crippen LogP) is 0.0666. The molecule has 0 spiro atoms. The average molecular weight is 174 g/mol. The summed E-state index contributed by atoms with van der Waals surface area (Å²) in [5.41, 5.74) is 4.63. The molecule has 4 nitrogen and oxygen atoms in total. The van der Waals surface area contributed by atoms with Crippen LogP contribution >= 0.6 is 0 Å². The van der Waals surface area contributed by atoms with Crippen molar-refractivity contribution in [2.75, 3.05) is 13.1 Å². The number of nitrogens with two attached hydrogens (primary N) is 1. The fourth-order valence-corrected chi connectivity index (χ4v) is 0.495. The maximum atomic E-state index is 9.95. The van der Waals surface area contributed by atoms with Gasteiger partial charge in [0.1, 0.15) is 5.78 Å². The molecule has 3 N–H and O–H groups in total. The van der Waals surface area contributed by atoms with Gasteiger partial charge in [-0.2, -0.15) is 0 Å². The Kier molecular flexibility index (Phi) is 11.5. The summed E-state index contributed by atoms with van der Waals surface area (Å²) in [7, 11) is 0. The van der Waals surface area contributed by atoms with Gasteiger partial charge in [-0.25, -0.2) is 0 Å². The number of carbonyl (C=O) groups is 2. The van der Waals surface area contributed by atoms with Gasteiger partial charge < -0.3 is 11.1 Å². The summed E-state index contributed by atoms with van der Waals surface area (Å²) in [5.74, 6) is -0.750. The van der Waals surface area contributed by atoms with Crippen molar-refractivity contribution in [3.63, 3.8) is 0 Å². The van der Waals surface area contributed by atoms with Crippen LogP contribution in [0, 0.1) is 0 Å². The summed E-state index contributed by atoms with van der Waals surface area (Å²) in [5, 5.41) is 3.11. The molecular weight excluding hydrogens is 156 g/mol. The molecule has 0 rings (SSSR count). The molecule has 0 aromatic carbocycles. The van der Waals surface area contributed by atoms with Crippen molar-refractivity contribution in [3.05, 3.63) is 0 Å². The Labute approximate surface area is 73.5 Å². The number of primary amides is 1. The largest absolute Gasteiger partial charge is 0.369 e. The second-order valence-electron chi connectivity index (χ2n) is 2.30. The molecule has 0 saturated carbocycles. The second kappa shape index (κ2) is 10.1. The van der Waals surface area contributed by atoms with Crippen LogP contribution in [0.2, 0.25) is 0 Å². The monoisotopic (exact) mass is 174 g/mol. The lowest BCUT2D eigenvalue weighted by molar-refractivity contribution is -0.125. The molecule has 0 aromatic rings. The van der Waals surface area contributed by atoms with Gasteiger partial charge in [-0.05, 0) is 20.0 Å². The van der Waals surface area contributed by atoms with E-state index in [0.717, 1.165) is 13.1 Å². The predicted molar refractivity (Wildman–Crippen MR) is 48.7 cm³/mol. The highest BCUT2D eigenvalue weighted by Gasteiger charge is 1.95. The zero-order valence-corrected chi connectivity index (χ0v) is 8.02. The van der Waals surface area contributed by atoms with Crippen molar-refractivity contribution >= 4 is 11.7 Å². The van der Waals surface area contributed by atoms with Crippen molar-refractivity contribution in [1.29, 1.82) is 0 Å². The summed E-state index contributed by atoms with van der Waals surface area (Å²) in [6, 6.07) is 0. The van der Waals surface area contributed by atoms with Gasteiger partial charge in [0.15, 0.2) is 0 Å². The molecule has 0 aliphatic heterocycles. The Morgan fingerprint density at radius 1 is 1.25 bits per heavy atom. The Morgan fingerprint density at radius 3 is 1.67 bits per heavy atom. The third-order valence-corrected chi connectivity index (χ3v) is 0.923. The van der Waals surface area contributed by atoms with Crippen LogP contribution in [0.25, 0.3) is 0 Å². The fraction of sp³-hybridized carbons (Fsp3) is 0.750. The number of hydrogen-bond acceptors (Lipinski definition) is 3. The molecular formula is C8H18N2O2. The second-order valence-corrected chi connectivity index (χ2v) is 2.30. The third-order valence-electron chi connectivity index (χ3n) is 0.923.